The Balaban J connectivity index is 1.44. The topological polar surface area (TPSA) is 71.5 Å². The molecule has 1 atom stereocenters. The van der Waals surface area contributed by atoms with Gasteiger partial charge in [0.25, 0.3) is 0 Å². The first-order chi connectivity index (χ1) is 13.1. The van der Waals surface area contributed by atoms with Crippen LogP contribution in [0, 0.1) is 17.8 Å². The summed E-state index contributed by atoms with van der Waals surface area (Å²) in [6.45, 7) is 0.815. The number of pyridine rings is 1. The Bertz CT molecular complexity index is 877. The third kappa shape index (κ3) is 5.31. The molecule has 1 aromatic heterocycles. The number of anilines is 1. The van der Waals surface area contributed by atoms with Crippen molar-refractivity contribution < 1.29 is 14.3 Å². The Hall–Kier alpha value is -2.85. The van der Waals surface area contributed by atoms with Crippen LogP contribution in [0.1, 0.15) is 6.42 Å². The van der Waals surface area contributed by atoms with E-state index in [9.17, 15) is 9.59 Å². The van der Waals surface area contributed by atoms with Crippen LogP contribution >= 0.6 is 15.9 Å². The van der Waals surface area contributed by atoms with Gasteiger partial charge in [-0.1, -0.05) is 33.8 Å². The lowest BCUT2D eigenvalue weighted by molar-refractivity contribution is -0.126. The average Bonchev–Trinajstić information content (AvgIpc) is 3.07. The monoisotopic (exact) mass is 427 g/mol. The highest BCUT2D eigenvalue weighted by molar-refractivity contribution is 9.10. The van der Waals surface area contributed by atoms with Crippen molar-refractivity contribution in [1.82, 2.24) is 10.3 Å². The number of halogens is 1. The van der Waals surface area contributed by atoms with E-state index in [1.54, 1.807) is 29.4 Å². The maximum absolute atomic E-state index is 12.3. The van der Waals surface area contributed by atoms with Crippen LogP contribution < -0.4 is 15.0 Å². The maximum atomic E-state index is 12.3. The molecule has 2 aromatic rings. The van der Waals surface area contributed by atoms with Gasteiger partial charge < -0.3 is 15.0 Å². The number of nitrogens with one attached hydrogen (secondary N) is 1. The van der Waals surface area contributed by atoms with E-state index < -0.39 is 0 Å². The fraction of sp³-hybridized carbons (Fsp3) is 0.250. The van der Waals surface area contributed by atoms with Crippen LogP contribution in [-0.2, 0) is 9.59 Å². The highest BCUT2D eigenvalue weighted by atomic mass is 79.9. The fourth-order valence-corrected chi connectivity index (χ4v) is 3.10. The third-order valence-corrected chi connectivity index (χ3v) is 4.53. The first-order valence-corrected chi connectivity index (χ1v) is 9.25. The van der Waals surface area contributed by atoms with Crippen molar-refractivity contribution in [3.63, 3.8) is 0 Å². The van der Waals surface area contributed by atoms with Gasteiger partial charge in [-0.15, -0.1) is 0 Å². The van der Waals surface area contributed by atoms with Gasteiger partial charge in [0.15, 0.2) is 0 Å². The second kappa shape index (κ2) is 9.19. The molecule has 0 bridgehead atoms. The van der Waals surface area contributed by atoms with Crippen molar-refractivity contribution in [1.29, 1.82) is 0 Å². The highest BCUT2D eigenvalue weighted by Gasteiger charge is 2.34. The molecular formula is C20H18BrN3O3. The van der Waals surface area contributed by atoms with E-state index in [4.69, 9.17) is 4.74 Å². The lowest BCUT2D eigenvalue weighted by Gasteiger charge is -2.16. The minimum absolute atomic E-state index is 0.0517. The molecular weight excluding hydrogens is 410 g/mol. The molecule has 1 aromatic carbocycles. The predicted octanol–water partition coefficient (Wildman–Crippen LogP) is 2.40. The number of carbonyl (C=O) groups excluding carboxylic acids is 2. The molecule has 1 N–H and O–H groups in total. The van der Waals surface area contributed by atoms with Crippen LogP contribution in [0.2, 0.25) is 0 Å². The van der Waals surface area contributed by atoms with Crippen molar-refractivity contribution >= 4 is 33.4 Å². The number of aromatic nitrogens is 1. The van der Waals surface area contributed by atoms with E-state index in [1.807, 2.05) is 24.3 Å². The number of rotatable bonds is 5. The van der Waals surface area contributed by atoms with Gasteiger partial charge in [0.1, 0.15) is 12.4 Å². The summed E-state index contributed by atoms with van der Waals surface area (Å²) >= 11 is 3.40. The number of ether oxygens (including phenoxy) is 1. The van der Waals surface area contributed by atoms with Gasteiger partial charge >= 0.3 is 0 Å². The second-order valence-electron chi connectivity index (χ2n) is 5.93. The quantitative estimate of drug-likeness (QED) is 0.743. The van der Waals surface area contributed by atoms with Gasteiger partial charge in [0.05, 0.1) is 18.7 Å². The summed E-state index contributed by atoms with van der Waals surface area (Å²) in [6.07, 6.45) is 3.48. The summed E-state index contributed by atoms with van der Waals surface area (Å²) in [6, 6.07) is 11.1. The number of benzene rings is 1. The normalized spacial score (nSPS) is 15.8. The van der Waals surface area contributed by atoms with Crippen LogP contribution in [0.4, 0.5) is 5.69 Å². The average molecular weight is 428 g/mol. The fourth-order valence-electron chi connectivity index (χ4n) is 2.72. The summed E-state index contributed by atoms with van der Waals surface area (Å²) in [4.78, 5) is 30.1. The van der Waals surface area contributed by atoms with Gasteiger partial charge in [-0.05, 0) is 30.3 Å². The van der Waals surface area contributed by atoms with E-state index in [1.165, 1.54) is 0 Å². The van der Waals surface area contributed by atoms with Gasteiger partial charge in [0.2, 0.25) is 11.8 Å². The Kier molecular flexibility index (Phi) is 6.44. The summed E-state index contributed by atoms with van der Waals surface area (Å²) < 4.78 is 6.29. The van der Waals surface area contributed by atoms with E-state index in [0.29, 0.717) is 12.3 Å². The standard InChI is InChI=1S/C20H18BrN3O3/c21-16-5-3-6-17(12-16)24-14-15(11-19(24)25)20(26)23-9-1-2-10-27-18-7-4-8-22-13-18/h3-8,12-13,15H,9-11,14H2,(H,23,26). The zero-order chi connectivity index (χ0) is 19.1. The van der Waals surface area contributed by atoms with Crippen LogP contribution in [0.15, 0.2) is 53.3 Å². The molecule has 3 rings (SSSR count). The summed E-state index contributed by atoms with van der Waals surface area (Å²) in [5, 5.41) is 2.76. The van der Waals surface area contributed by atoms with Crippen molar-refractivity contribution in [3.8, 4) is 17.6 Å². The first-order valence-electron chi connectivity index (χ1n) is 8.45. The molecule has 1 aliphatic heterocycles. The summed E-state index contributed by atoms with van der Waals surface area (Å²) in [5.74, 6) is 5.73. The summed E-state index contributed by atoms with van der Waals surface area (Å²) in [5.41, 5.74) is 0.789. The number of hydrogen-bond donors (Lipinski definition) is 1. The zero-order valence-corrected chi connectivity index (χ0v) is 16.1. The molecule has 0 saturated carbocycles. The Labute approximate surface area is 166 Å². The van der Waals surface area contributed by atoms with Crippen LogP contribution in [0.5, 0.6) is 5.75 Å². The molecule has 1 saturated heterocycles. The van der Waals surface area contributed by atoms with E-state index in [0.717, 1.165) is 10.2 Å². The molecule has 6 nitrogen and oxygen atoms in total. The minimum Gasteiger partial charge on any atom is -0.479 e. The lowest BCUT2D eigenvalue weighted by atomic mass is 10.1. The van der Waals surface area contributed by atoms with Crippen LogP contribution in [-0.4, -0.2) is 36.5 Å². The van der Waals surface area contributed by atoms with Gasteiger partial charge in [-0.3, -0.25) is 14.6 Å². The molecule has 0 radical (unpaired) electrons. The maximum Gasteiger partial charge on any atom is 0.227 e. The smallest absolute Gasteiger partial charge is 0.227 e. The van der Waals surface area contributed by atoms with E-state index >= 15 is 0 Å². The SMILES string of the molecule is O=C(NCC#CCOc1cccnc1)C1CC(=O)N(c2cccc(Br)c2)C1. The van der Waals surface area contributed by atoms with E-state index in [-0.39, 0.29) is 37.3 Å². The highest BCUT2D eigenvalue weighted by Crippen LogP contribution is 2.27. The molecule has 1 unspecified atom stereocenters. The van der Waals surface area contributed by atoms with Crippen molar-refractivity contribution in [2.75, 3.05) is 24.6 Å². The molecule has 1 aliphatic rings. The van der Waals surface area contributed by atoms with Crippen molar-refractivity contribution in [3.05, 3.63) is 53.3 Å². The largest absolute Gasteiger partial charge is 0.479 e. The minimum atomic E-state index is -0.370. The number of amides is 2. The molecule has 1 fully saturated rings. The van der Waals surface area contributed by atoms with Gasteiger partial charge in [-0.2, -0.15) is 0 Å². The molecule has 2 heterocycles. The summed E-state index contributed by atoms with van der Waals surface area (Å²) in [7, 11) is 0. The van der Waals surface area contributed by atoms with Crippen molar-refractivity contribution in [2.24, 2.45) is 5.92 Å². The molecule has 7 heteroatoms. The van der Waals surface area contributed by atoms with Gasteiger partial charge in [0, 0.05) is 29.3 Å². The van der Waals surface area contributed by atoms with Crippen molar-refractivity contribution in [2.45, 2.75) is 6.42 Å². The third-order valence-electron chi connectivity index (χ3n) is 4.04. The Morgan fingerprint density at radius 2 is 2.22 bits per heavy atom. The second-order valence-corrected chi connectivity index (χ2v) is 6.85. The first kappa shape index (κ1) is 18.9. The van der Waals surface area contributed by atoms with E-state index in [2.05, 4.69) is 38.1 Å². The molecule has 27 heavy (non-hydrogen) atoms. The van der Waals surface area contributed by atoms with Gasteiger partial charge in [-0.25, -0.2) is 0 Å². The Morgan fingerprint density at radius 3 is 3.00 bits per heavy atom. The zero-order valence-electron chi connectivity index (χ0n) is 14.5. The number of hydrogen-bond acceptors (Lipinski definition) is 4. The molecule has 0 spiro atoms. The van der Waals surface area contributed by atoms with Crippen LogP contribution in [0.3, 0.4) is 0 Å². The van der Waals surface area contributed by atoms with Crippen LogP contribution in [0.25, 0.3) is 0 Å². The number of carbonyl (C=O) groups is 2. The molecule has 0 aliphatic carbocycles. The lowest BCUT2D eigenvalue weighted by Crippen LogP contribution is -2.33. The number of nitrogens with zero attached hydrogens (tertiary/aromatic N) is 2. The Morgan fingerprint density at radius 1 is 1.33 bits per heavy atom. The predicted molar refractivity (Wildman–Crippen MR) is 105 cm³/mol. The molecule has 138 valence electrons. The molecule has 2 amide bonds.